The number of aliphatic carboxylic acids is 2. The molecule has 4 nitrogen and oxygen atoms in total. The lowest BCUT2D eigenvalue weighted by molar-refractivity contribution is -0.135. The molecule has 0 radical (unpaired) electrons. The van der Waals surface area contributed by atoms with Crippen LogP contribution in [0.25, 0.3) is 0 Å². The Morgan fingerprint density at radius 3 is 1.94 bits per heavy atom. The largest absolute Gasteiger partial charge is 0.478 e. The molecule has 0 aliphatic rings. The zero-order chi connectivity index (χ0) is 13.1. The van der Waals surface area contributed by atoms with Gasteiger partial charge < -0.3 is 10.2 Å². The van der Waals surface area contributed by atoms with E-state index in [1.165, 1.54) is 25.7 Å². The third kappa shape index (κ3) is 9.60. The lowest BCUT2D eigenvalue weighted by Gasteiger charge is -2.02. The van der Waals surface area contributed by atoms with Crippen LogP contribution >= 0.6 is 0 Å². The number of hydrogen-bond donors (Lipinski definition) is 2. The summed E-state index contributed by atoms with van der Waals surface area (Å²) in [6.45, 7) is 2.16. The highest BCUT2D eigenvalue weighted by atomic mass is 16.4. The second-order valence-corrected chi connectivity index (χ2v) is 4.18. The van der Waals surface area contributed by atoms with Gasteiger partial charge in [-0.3, -0.25) is 0 Å². The fraction of sp³-hybridized carbons (Fsp3) is 0.692. The van der Waals surface area contributed by atoms with E-state index in [1.54, 1.807) is 0 Å². The van der Waals surface area contributed by atoms with Crippen LogP contribution in [-0.4, -0.2) is 22.2 Å². The first-order chi connectivity index (χ1) is 8.07. The van der Waals surface area contributed by atoms with Crippen molar-refractivity contribution >= 4 is 11.9 Å². The van der Waals surface area contributed by atoms with Gasteiger partial charge in [-0.2, -0.15) is 0 Å². The number of unbranched alkanes of at least 4 members (excludes halogenated alkanes) is 6. The molecule has 0 heterocycles. The van der Waals surface area contributed by atoms with Crippen molar-refractivity contribution in [1.82, 2.24) is 0 Å². The minimum absolute atomic E-state index is 0.00828. The van der Waals surface area contributed by atoms with Gasteiger partial charge in [0.2, 0.25) is 0 Å². The zero-order valence-electron chi connectivity index (χ0n) is 10.4. The maximum Gasteiger partial charge on any atom is 0.331 e. The molecule has 98 valence electrons. The molecule has 0 aromatic carbocycles. The standard InChI is InChI=1S/C13H22O4/c1-2-3-4-5-6-7-8-9-11(13(16)17)10-12(14)15/h10H,2-9H2,1H3,(H,14,15)(H,16,17). The smallest absolute Gasteiger partial charge is 0.331 e. The molecule has 0 atom stereocenters. The van der Waals surface area contributed by atoms with Gasteiger partial charge in [0.05, 0.1) is 0 Å². The first-order valence-electron chi connectivity index (χ1n) is 6.24. The van der Waals surface area contributed by atoms with E-state index in [0.29, 0.717) is 6.42 Å². The highest BCUT2D eigenvalue weighted by Crippen LogP contribution is 2.12. The Hall–Kier alpha value is -1.32. The highest BCUT2D eigenvalue weighted by molar-refractivity contribution is 5.94. The minimum atomic E-state index is -1.19. The van der Waals surface area contributed by atoms with Gasteiger partial charge in [0.1, 0.15) is 0 Å². The molecule has 0 aliphatic heterocycles. The van der Waals surface area contributed by atoms with Gasteiger partial charge in [0, 0.05) is 11.6 Å². The number of hydrogen-bond acceptors (Lipinski definition) is 2. The van der Waals surface area contributed by atoms with E-state index < -0.39 is 11.9 Å². The van der Waals surface area contributed by atoms with Crippen molar-refractivity contribution in [3.63, 3.8) is 0 Å². The lowest BCUT2D eigenvalue weighted by atomic mass is 10.0. The second kappa shape index (κ2) is 9.87. The maximum atomic E-state index is 10.7. The van der Waals surface area contributed by atoms with E-state index in [9.17, 15) is 9.59 Å². The molecule has 0 unspecified atom stereocenters. The Kier molecular flexibility index (Phi) is 9.11. The maximum absolute atomic E-state index is 10.7. The number of rotatable bonds is 10. The van der Waals surface area contributed by atoms with Crippen molar-refractivity contribution in [2.75, 3.05) is 0 Å². The van der Waals surface area contributed by atoms with E-state index in [-0.39, 0.29) is 5.57 Å². The average Bonchev–Trinajstić information content (AvgIpc) is 2.25. The highest BCUT2D eigenvalue weighted by Gasteiger charge is 2.08. The molecular formula is C13H22O4. The van der Waals surface area contributed by atoms with Crippen molar-refractivity contribution < 1.29 is 19.8 Å². The number of carbonyl (C=O) groups is 2. The molecule has 0 rings (SSSR count). The van der Waals surface area contributed by atoms with Gasteiger partial charge in [-0.1, -0.05) is 45.4 Å². The SMILES string of the molecule is CCCCCCCCCC(=CC(=O)O)C(=O)O. The van der Waals surface area contributed by atoms with Crippen LogP contribution in [0.5, 0.6) is 0 Å². The van der Waals surface area contributed by atoms with E-state index in [2.05, 4.69) is 6.92 Å². The Morgan fingerprint density at radius 2 is 1.47 bits per heavy atom. The fourth-order valence-corrected chi connectivity index (χ4v) is 1.66. The molecule has 0 spiro atoms. The molecule has 4 heteroatoms. The van der Waals surface area contributed by atoms with Crippen molar-refractivity contribution in [2.24, 2.45) is 0 Å². The summed E-state index contributed by atoms with van der Waals surface area (Å²) >= 11 is 0. The average molecular weight is 242 g/mol. The monoisotopic (exact) mass is 242 g/mol. The summed E-state index contributed by atoms with van der Waals surface area (Å²) in [6, 6.07) is 0. The lowest BCUT2D eigenvalue weighted by Crippen LogP contribution is -2.04. The Balaban J connectivity index is 3.70. The molecule has 0 bridgehead atoms. The molecule has 0 saturated heterocycles. The van der Waals surface area contributed by atoms with Gasteiger partial charge >= 0.3 is 11.9 Å². The van der Waals surface area contributed by atoms with Crippen LogP contribution in [0, 0.1) is 0 Å². The normalized spacial score (nSPS) is 11.5. The molecule has 17 heavy (non-hydrogen) atoms. The van der Waals surface area contributed by atoms with Crippen molar-refractivity contribution in [2.45, 2.75) is 58.3 Å². The van der Waals surface area contributed by atoms with Crippen LogP contribution in [0.3, 0.4) is 0 Å². The quantitative estimate of drug-likeness (QED) is 0.455. The summed E-state index contributed by atoms with van der Waals surface area (Å²) in [5.41, 5.74) is -0.00828. The molecule has 0 amide bonds. The fourth-order valence-electron chi connectivity index (χ4n) is 1.66. The molecule has 2 N–H and O–H groups in total. The van der Waals surface area contributed by atoms with Gasteiger partial charge in [-0.05, 0) is 12.8 Å². The summed E-state index contributed by atoms with van der Waals surface area (Å²) in [5.74, 6) is -2.32. The summed E-state index contributed by atoms with van der Waals surface area (Å²) in [6.07, 6.45) is 8.82. The summed E-state index contributed by atoms with van der Waals surface area (Å²) in [7, 11) is 0. The van der Waals surface area contributed by atoms with Gasteiger partial charge in [0.25, 0.3) is 0 Å². The molecule has 0 aromatic rings. The van der Waals surface area contributed by atoms with Crippen LogP contribution < -0.4 is 0 Å². The molecule has 0 fully saturated rings. The summed E-state index contributed by atoms with van der Waals surface area (Å²) in [4.78, 5) is 21.1. The third-order valence-corrected chi connectivity index (χ3v) is 2.62. The van der Waals surface area contributed by atoms with Crippen LogP contribution in [0.2, 0.25) is 0 Å². The second-order valence-electron chi connectivity index (χ2n) is 4.18. The van der Waals surface area contributed by atoms with Crippen molar-refractivity contribution in [3.05, 3.63) is 11.6 Å². The summed E-state index contributed by atoms with van der Waals surface area (Å²) in [5, 5.41) is 17.3. The third-order valence-electron chi connectivity index (χ3n) is 2.62. The Bertz CT molecular complexity index is 269. The molecule has 0 aliphatic carbocycles. The van der Waals surface area contributed by atoms with Crippen molar-refractivity contribution in [1.29, 1.82) is 0 Å². The first-order valence-corrected chi connectivity index (χ1v) is 6.24. The zero-order valence-corrected chi connectivity index (χ0v) is 10.4. The Morgan fingerprint density at radius 1 is 0.941 bits per heavy atom. The van der Waals surface area contributed by atoms with Gasteiger partial charge in [0.15, 0.2) is 0 Å². The number of carboxylic acid groups (broad SMARTS) is 2. The van der Waals surface area contributed by atoms with E-state index in [4.69, 9.17) is 10.2 Å². The van der Waals surface area contributed by atoms with E-state index in [0.717, 1.165) is 25.3 Å². The molecule has 0 saturated carbocycles. The van der Waals surface area contributed by atoms with E-state index >= 15 is 0 Å². The predicted octanol–water partition coefficient (Wildman–Crippen LogP) is 3.22. The first kappa shape index (κ1) is 15.7. The van der Waals surface area contributed by atoms with Crippen LogP contribution in [-0.2, 0) is 9.59 Å². The van der Waals surface area contributed by atoms with Crippen LogP contribution in [0.1, 0.15) is 58.3 Å². The van der Waals surface area contributed by atoms with Crippen LogP contribution in [0.4, 0.5) is 0 Å². The molecular weight excluding hydrogens is 220 g/mol. The van der Waals surface area contributed by atoms with Crippen molar-refractivity contribution in [3.8, 4) is 0 Å². The summed E-state index contributed by atoms with van der Waals surface area (Å²) < 4.78 is 0. The topological polar surface area (TPSA) is 74.6 Å². The predicted molar refractivity (Wildman–Crippen MR) is 66.0 cm³/mol. The van der Waals surface area contributed by atoms with Crippen LogP contribution in [0.15, 0.2) is 11.6 Å². The van der Waals surface area contributed by atoms with Gasteiger partial charge in [-0.15, -0.1) is 0 Å². The van der Waals surface area contributed by atoms with E-state index in [1.807, 2.05) is 0 Å². The minimum Gasteiger partial charge on any atom is -0.478 e. The van der Waals surface area contributed by atoms with Gasteiger partial charge in [-0.25, -0.2) is 9.59 Å². The molecule has 0 aromatic heterocycles. The Labute approximate surface area is 102 Å². The number of carboxylic acids is 2.